The summed E-state index contributed by atoms with van der Waals surface area (Å²) in [5.74, 6) is 4.70. The van der Waals surface area contributed by atoms with Gasteiger partial charge in [0.2, 0.25) is 0 Å². The summed E-state index contributed by atoms with van der Waals surface area (Å²) in [5.41, 5.74) is 0. The fourth-order valence-electron chi connectivity index (χ4n) is 4.31. The van der Waals surface area contributed by atoms with Crippen LogP contribution in [0.2, 0.25) is 11.6 Å². The van der Waals surface area contributed by atoms with Crippen LogP contribution in [-0.2, 0) is 0 Å². The summed E-state index contributed by atoms with van der Waals surface area (Å²) in [6.45, 7) is 3.23. The number of rotatable bonds is 6. The minimum atomic E-state index is 0.928. The molecule has 2 aliphatic rings. The molecule has 0 unspecified atom stereocenters. The van der Waals surface area contributed by atoms with Crippen LogP contribution in [0.5, 0.6) is 0 Å². The summed E-state index contributed by atoms with van der Waals surface area (Å²) in [7, 11) is 0. The molecule has 0 N–H and O–H groups in total. The summed E-state index contributed by atoms with van der Waals surface area (Å²) in [5, 5.41) is 0. The molecule has 0 aromatic rings. The molecule has 0 aliphatic heterocycles. The van der Waals surface area contributed by atoms with Gasteiger partial charge in [-0.2, -0.15) is 0 Å². The summed E-state index contributed by atoms with van der Waals surface area (Å²) < 4.78 is 0. The molecule has 0 amide bonds. The first-order chi connectivity index (χ1) is 9.42. The molecule has 0 spiro atoms. The lowest BCUT2D eigenvalue weighted by molar-refractivity contribution is 0.464. The van der Waals surface area contributed by atoms with Crippen LogP contribution in [0, 0.1) is 0 Å². The zero-order valence-corrected chi connectivity index (χ0v) is 13.1. The van der Waals surface area contributed by atoms with Crippen molar-refractivity contribution in [2.45, 2.75) is 102 Å². The van der Waals surface area contributed by atoms with Crippen molar-refractivity contribution in [3.8, 4) is 0 Å². The minimum Gasteiger partial charge on any atom is -0.118 e. The van der Waals surface area contributed by atoms with Gasteiger partial charge in [-0.15, -0.1) is 5.98 Å². The molecule has 0 aromatic carbocycles. The first kappa shape index (κ1) is 15.2. The lowest BCUT2D eigenvalue weighted by atomic mass is 9.30. The first-order valence-corrected chi connectivity index (χ1v) is 9.08. The molecule has 0 bridgehead atoms. The Morgan fingerprint density at radius 3 is 1.84 bits per heavy atom. The predicted octanol–water partition coefficient (Wildman–Crippen LogP) is 6.44. The van der Waals surface area contributed by atoms with Gasteiger partial charge in [0.25, 0.3) is 0 Å². The van der Waals surface area contributed by atoms with E-state index in [-0.39, 0.29) is 0 Å². The highest BCUT2D eigenvalue weighted by Gasteiger charge is 2.32. The van der Waals surface area contributed by atoms with Crippen molar-refractivity contribution in [3.63, 3.8) is 0 Å². The molecule has 2 fully saturated rings. The Morgan fingerprint density at radius 2 is 1.37 bits per heavy atom. The van der Waals surface area contributed by atoms with Crippen molar-refractivity contribution >= 4 is 6.71 Å². The van der Waals surface area contributed by atoms with Gasteiger partial charge in [-0.25, -0.2) is 0 Å². The SMILES string of the molecule is CCCCC=CB(C1CCCCC1)C1CCCCC1. The molecule has 0 atom stereocenters. The quantitative estimate of drug-likeness (QED) is 0.381. The molecule has 0 aromatic heterocycles. The second-order valence-electron chi connectivity index (χ2n) is 6.94. The smallest absolute Gasteiger partial charge is 0.118 e. The van der Waals surface area contributed by atoms with Crippen LogP contribution in [0.3, 0.4) is 0 Å². The molecule has 2 saturated carbocycles. The number of hydrogen-bond donors (Lipinski definition) is 0. The maximum absolute atomic E-state index is 2.65. The van der Waals surface area contributed by atoms with Crippen molar-refractivity contribution in [2.24, 2.45) is 0 Å². The van der Waals surface area contributed by atoms with Crippen molar-refractivity contribution < 1.29 is 0 Å². The van der Waals surface area contributed by atoms with E-state index in [0.29, 0.717) is 0 Å². The van der Waals surface area contributed by atoms with Gasteiger partial charge in [-0.3, -0.25) is 0 Å². The Kier molecular flexibility index (Phi) is 7.10. The van der Waals surface area contributed by atoms with E-state index in [1.807, 2.05) is 0 Å². The number of unbranched alkanes of at least 4 members (excludes halogenated alkanes) is 2. The molecule has 2 rings (SSSR count). The zero-order valence-electron chi connectivity index (χ0n) is 13.1. The molecule has 1 heteroatoms. The van der Waals surface area contributed by atoms with Gasteiger partial charge in [-0.1, -0.05) is 102 Å². The van der Waals surface area contributed by atoms with Gasteiger partial charge in [0, 0.05) is 0 Å². The van der Waals surface area contributed by atoms with Crippen LogP contribution in [0.1, 0.15) is 90.4 Å². The highest BCUT2D eigenvalue weighted by atomic mass is 14.2. The summed E-state index contributed by atoms with van der Waals surface area (Å²) in [6.07, 6.45) is 21.6. The third kappa shape index (κ3) is 5.01. The van der Waals surface area contributed by atoms with Crippen LogP contribution < -0.4 is 0 Å². The van der Waals surface area contributed by atoms with E-state index in [9.17, 15) is 0 Å². The van der Waals surface area contributed by atoms with E-state index >= 15 is 0 Å². The molecule has 2 aliphatic carbocycles. The Balaban J connectivity index is 1.92. The highest BCUT2D eigenvalue weighted by Crippen LogP contribution is 2.41. The van der Waals surface area contributed by atoms with Crippen molar-refractivity contribution in [3.05, 3.63) is 12.1 Å². The summed E-state index contributed by atoms with van der Waals surface area (Å²) in [4.78, 5) is 0. The second-order valence-corrected chi connectivity index (χ2v) is 6.94. The summed E-state index contributed by atoms with van der Waals surface area (Å²) in [6, 6.07) is 0. The molecule has 19 heavy (non-hydrogen) atoms. The maximum atomic E-state index is 2.65. The molecular formula is C18H33B. The Bertz CT molecular complexity index is 228. The van der Waals surface area contributed by atoms with Gasteiger partial charge in [0.15, 0.2) is 6.71 Å². The fraction of sp³-hybridized carbons (Fsp3) is 0.889. The average Bonchev–Trinajstić information content (AvgIpc) is 2.49. The van der Waals surface area contributed by atoms with Crippen LogP contribution in [0.25, 0.3) is 0 Å². The third-order valence-corrected chi connectivity index (χ3v) is 5.47. The molecule has 0 nitrogen and oxygen atoms in total. The van der Waals surface area contributed by atoms with Gasteiger partial charge < -0.3 is 0 Å². The van der Waals surface area contributed by atoms with Crippen molar-refractivity contribution in [1.29, 1.82) is 0 Å². The van der Waals surface area contributed by atoms with Gasteiger partial charge in [-0.05, 0) is 6.42 Å². The first-order valence-electron chi connectivity index (χ1n) is 9.08. The summed E-state index contributed by atoms with van der Waals surface area (Å²) >= 11 is 0. The largest absolute Gasteiger partial charge is 0.172 e. The van der Waals surface area contributed by atoms with Crippen LogP contribution >= 0.6 is 0 Å². The van der Waals surface area contributed by atoms with E-state index in [1.54, 1.807) is 0 Å². The van der Waals surface area contributed by atoms with E-state index in [4.69, 9.17) is 0 Å². The normalized spacial score (nSPS) is 23.0. The molecule has 0 saturated heterocycles. The topological polar surface area (TPSA) is 0 Å². The number of hydrogen-bond acceptors (Lipinski definition) is 0. The Morgan fingerprint density at radius 1 is 0.842 bits per heavy atom. The Labute approximate surface area is 121 Å². The van der Waals surface area contributed by atoms with Crippen molar-refractivity contribution in [1.82, 2.24) is 0 Å². The molecule has 108 valence electrons. The molecule has 0 radical (unpaired) electrons. The van der Waals surface area contributed by atoms with E-state index in [1.165, 1.54) is 83.5 Å². The van der Waals surface area contributed by atoms with Gasteiger partial charge >= 0.3 is 0 Å². The van der Waals surface area contributed by atoms with E-state index in [2.05, 4.69) is 19.0 Å². The van der Waals surface area contributed by atoms with Gasteiger partial charge in [0.05, 0.1) is 0 Å². The number of allylic oxidation sites excluding steroid dienone is 1. The zero-order chi connectivity index (χ0) is 13.3. The molecular weight excluding hydrogens is 227 g/mol. The lowest BCUT2D eigenvalue weighted by Gasteiger charge is -2.34. The second kappa shape index (κ2) is 8.87. The van der Waals surface area contributed by atoms with Crippen LogP contribution in [-0.4, -0.2) is 6.71 Å². The van der Waals surface area contributed by atoms with E-state index < -0.39 is 0 Å². The van der Waals surface area contributed by atoms with E-state index in [0.717, 1.165) is 18.3 Å². The van der Waals surface area contributed by atoms with Gasteiger partial charge in [0.1, 0.15) is 0 Å². The van der Waals surface area contributed by atoms with Crippen molar-refractivity contribution in [2.75, 3.05) is 0 Å². The standard InChI is InChI=1S/C18H33B/c1-2-3-4-11-16-19(17-12-7-5-8-13-17)18-14-9-6-10-15-18/h11,16-18H,2-10,12-15H2,1H3. The minimum absolute atomic E-state index is 0.928. The lowest BCUT2D eigenvalue weighted by Crippen LogP contribution is -2.28. The predicted molar refractivity (Wildman–Crippen MR) is 88.1 cm³/mol. The maximum Gasteiger partial charge on any atom is 0.172 e. The molecule has 0 heterocycles. The monoisotopic (exact) mass is 260 g/mol. The third-order valence-electron chi connectivity index (χ3n) is 5.47. The van der Waals surface area contributed by atoms with Crippen LogP contribution in [0.4, 0.5) is 0 Å². The highest BCUT2D eigenvalue weighted by molar-refractivity contribution is 6.67. The van der Waals surface area contributed by atoms with Crippen LogP contribution in [0.15, 0.2) is 12.1 Å². The average molecular weight is 260 g/mol. The fourth-order valence-corrected chi connectivity index (χ4v) is 4.31. The Hall–Kier alpha value is -0.195.